The van der Waals surface area contributed by atoms with E-state index < -0.39 is 118 Å². The molecule has 3 aliphatic heterocycles. The zero-order chi connectivity index (χ0) is 27.6. The number of hydrogen-bond donors (Lipinski definition) is 11. The number of aliphatic hydroxyl groups excluding tert-OH is 10. The normalized spacial score (nSPS) is 49.0. The molecule has 3 heterocycles. The number of nitrogens with one attached hydrogen (secondary N) is 1. The molecule has 1 unspecified atom stereocenters. The standard InChI is InChI=1S/C20H35NO16/c1-5(25)21-9-16(11(27)7(3-23)33-18(9)32)36-20-15(31)17(12(28)8(4-24)35-20)37-19-14(30)13(29)10(26)6(2-22)34-19/h6-20,22-24,26-32H,2-4H2,1H3,(H,21,25)/t6-,7-,8-,9-,10+,11-,12+,13+,14-,15-,16-,17+,18?,19+,20+/m1/s1. The first-order valence-corrected chi connectivity index (χ1v) is 11.6. The molecular weight excluding hydrogens is 510 g/mol. The summed E-state index contributed by atoms with van der Waals surface area (Å²) in [5.74, 6) is -0.645. The van der Waals surface area contributed by atoms with Gasteiger partial charge in [-0.2, -0.15) is 0 Å². The van der Waals surface area contributed by atoms with E-state index in [9.17, 15) is 55.9 Å². The van der Waals surface area contributed by atoms with Crippen LogP contribution in [-0.4, -0.2) is 169 Å². The van der Waals surface area contributed by atoms with Crippen molar-refractivity contribution in [3.05, 3.63) is 0 Å². The van der Waals surface area contributed by atoms with Crippen LogP contribution in [0.4, 0.5) is 0 Å². The average Bonchev–Trinajstić information content (AvgIpc) is 2.86. The van der Waals surface area contributed by atoms with Gasteiger partial charge in [-0.05, 0) is 0 Å². The quantitative estimate of drug-likeness (QED) is 0.135. The predicted octanol–water partition coefficient (Wildman–Crippen LogP) is -7.43. The number of hydrogen-bond acceptors (Lipinski definition) is 16. The maximum Gasteiger partial charge on any atom is 0.217 e. The lowest BCUT2D eigenvalue weighted by molar-refractivity contribution is -0.373. The molecule has 3 saturated heterocycles. The van der Waals surface area contributed by atoms with Crippen molar-refractivity contribution in [1.29, 1.82) is 0 Å². The monoisotopic (exact) mass is 545 g/mol. The lowest BCUT2D eigenvalue weighted by Crippen LogP contribution is -2.68. The van der Waals surface area contributed by atoms with Crippen LogP contribution in [0.25, 0.3) is 0 Å². The van der Waals surface area contributed by atoms with E-state index >= 15 is 0 Å². The summed E-state index contributed by atoms with van der Waals surface area (Å²) in [5, 5.41) is 103. The fourth-order valence-corrected chi connectivity index (χ4v) is 4.45. The smallest absolute Gasteiger partial charge is 0.217 e. The van der Waals surface area contributed by atoms with Gasteiger partial charge in [0.05, 0.1) is 19.8 Å². The van der Waals surface area contributed by atoms with Gasteiger partial charge in [0.25, 0.3) is 0 Å². The van der Waals surface area contributed by atoms with Crippen molar-refractivity contribution >= 4 is 5.91 Å². The summed E-state index contributed by atoms with van der Waals surface area (Å²) in [6, 6.07) is -1.41. The Hall–Kier alpha value is -1.13. The van der Waals surface area contributed by atoms with Gasteiger partial charge in [0.1, 0.15) is 73.2 Å². The van der Waals surface area contributed by atoms with Gasteiger partial charge in [-0.15, -0.1) is 0 Å². The third-order valence-corrected chi connectivity index (χ3v) is 6.50. The van der Waals surface area contributed by atoms with E-state index in [1.807, 2.05) is 0 Å². The Morgan fingerprint density at radius 2 is 1.11 bits per heavy atom. The average molecular weight is 545 g/mol. The molecular formula is C20H35NO16. The third-order valence-electron chi connectivity index (χ3n) is 6.50. The van der Waals surface area contributed by atoms with E-state index in [2.05, 4.69) is 5.32 Å². The predicted molar refractivity (Wildman–Crippen MR) is 113 cm³/mol. The van der Waals surface area contributed by atoms with Crippen molar-refractivity contribution in [2.24, 2.45) is 0 Å². The van der Waals surface area contributed by atoms with Crippen LogP contribution < -0.4 is 5.32 Å². The topological polar surface area (TPSA) is 278 Å². The number of carbonyl (C=O) groups is 1. The highest BCUT2D eigenvalue weighted by Crippen LogP contribution is 2.32. The first-order chi connectivity index (χ1) is 17.4. The zero-order valence-electron chi connectivity index (χ0n) is 19.7. The summed E-state index contributed by atoms with van der Waals surface area (Å²) in [6.07, 6.45) is -23.5. The zero-order valence-corrected chi connectivity index (χ0v) is 19.7. The lowest BCUT2D eigenvalue weighted by Gasteiger charge is -2.48. The minimum atomic E-state index is -1.93. The number of aliphatic hydroxyl groups is 10. The molecule has 17 heteroatoms. The summed E-state index contributed by atoms with van der Waals surface area (Å²) in [6.45, 7) is -1.23. The highest BCUT2D eigenvalue weighted by Gasteiger charge is 2.53. The molecule has 3 rings (SSSR count). The Kier molecular flexibility index (Phi) is 10.5. The molecule has 3 fully saturated rings. The fourth-order valence-electron chi connectivity index (χ4n) is 4.45. The van der Waals surface area contributed by atoms with Crippen LogP contribution in [0.1, 0.15) is 6.92 Å². The Bertz CT molecular complexity index is 745. The molecule has 1 amide bonds. The molecule has 0 aromatic heterocycles. The van der Waals surface area contributed by atoms with Gasteiger partial charge >= 0.3 is 0 Å². The molecule has 15 atom stereocenters. The van der Waals surface area contributed by atoms with Gasteiger partial charge < -0.3 is 80.1 Å². The third kappa shape index (κ3) is 6.38. The van der Waals surface area contributed by atoms with Crippen molar-refractivity contribution in [3.63, 3.8) is 0 Å². The molecule has 0 aliphatic carbocycles. The second-order valence-corrected chi connectivity index (χ2v) is 9.07. The number of ether oxygens (including phenoxy) is 5. The summed E-state index contributed by atoms with van der Waals surface area (Å²) >= 11 is 0. The SMILES string of the molecule is CC(=O)N[C@H]1C(O)O[C@H](CO)[C@@H](O)[C@@H]1O[C@@H]1O[C@H](CO)[C@H](O)[C@H](O[C@@H]2O[C@H](CO)[C@H](O)[C@H](O)[C@H]2O)[C@H]1O. The van der Waals surface area contributed by atoms with E-state index in [0.717, 1.165) is 6.92 Å². The highest BCUT2D eigenvalue weighted by molar-refractivity contribution is 5.73. The van der Waals surface area contributed by atoms with Gasteiger partial charge in [0, 0.05) is 6.92 Å². The van der Waals surface area contributed by atoms with Crippen LogP contribution in [0, 0.1) is 0 Å². The molecule has 216 valence electrons. The van der Waals surface area contributed by atoms with Crippen molar-refractivity contribution in [3.8, 4) is 0 Å². The van der Waals surface area contributed by atoms with Crippen molar-refractivity contribution in [2.45, 2.75) is 99.0 Å². The van der Waals surface area contributed by atoms with Crippen LogP contribution in [0.15, 0.2) is 0 Å². The summed E-state index contributed by atoms with van der Waals surface area (Å²) in [7, 11) is 0. The minimum Gasteiger partial charge on any atom is -0.394 e. The van der Waals surface area contributed by atoms with Crippen molar-refractivity contribution in [1.82, 2.24) is 5.32 Å². The van der Waals surface area contributed by atoms with Crippen molar-refractivity contribution in [2.75, 3.05) is 19.8 Å². The molecule has 37 heavy (non-hydrogen) atoms. The summed E-state index contributed by atoms with van der Waals surface area (Å²) < 4.78 is 26.9. The lowest BCUT2D eigenvalue weighted by atomic mass is 9.95. The van der Waals surface area contributed by atoms with E-state index in [1.54, 1.807) is 0 Å². The molecule has 11 N–H and O–H groups in total. The molecule has 0 radical (unpaired) electrons. The van der Waals surface area contributed by atoms with E-state index in [0.29, 0.717) is 0 Å². The summed E-state index contributed by atoms with van der Waals surface area (Å²) in [5.41, 5.74) is 0. The molecule has 0 spiro atoms. The van der Waals surface area contributed by atoms with Gasteiger partial charge in [0.2, 0.25) is 5.91 Å². The summed E-state index contributed by atoms with van der Waals surface area (Å²) in [4.78, 5) is 11.6. The molecule has 3 aliphatic rings. The Labute approximate surface area is 210 Å². The van der Waals surface area contributed by atoms with Crippen LogP contribution in [0.2, 0.25) is 0 Å². The Morgan fingerprint density at radius 1 is 0.649 bits per heavy atom. The maximum atomic E-state index is 11.6. The number of amides is 1. The second kappa shape index (κ2) is 12.8. The van der Waals surface area contributed by atoms with E-state index in [1.165, 1.54) is 0 Å². The highest BCUT2D eigenvalue weighted by atomic mass is 16.7. The molecule has 0 saturated carbocycles. The van der Waals surface area contributed by atoms with Crippen LogP contribution >= 0.6 is 0 Å². The van der Waals surface area contributed by atoms with Gasteiger partial charge in [0.15, 0.2) is 18.9 Å². The first-order valence-electron chi connectivity index (χ1n) is 11.6. The Morgan fingerprint density at radius 3 is 1.65 bits per heavy atom. The van der Waals surface area contributed by atoms with Gasteiger partial charge in [-0.3, -0.25) is 4.79 Å². The fraction of sp³-hybridized carbons (Fsp3) is 0.950. The molecule has 17 nitrogen and oxygen atoms in total. The number of rotatable bonds is 8. The van der Waals surface area contributed by atoms with Crippen molar-refractivity contribution < 1.29 is 79.5 Å². The largest absolute Gasteiger partial charge is 0.394 e. The Balaban J connectivity index is 1.83. The molecule has 0 aromatic rings. The second-order valence-electron chi connectivity index (χ2n) is 9.07. The van der Waals surface area contributed by atoms with E-state index in [-0.39, 0.29) is 0 Å². The van der Waals surface area contributed by atoms with Gasteiger partial charge in [-0.1, -0.05) is 0 Å². The number of carbonyl (C=O) groups excluding carboxylic acids is 1. The van der Waals surface area contributed by atoms with Crippen LogP contribution in [0.5, 0.6) is 0 Å². The van der Waals surface area contributed by atoms with Crippen LogP contribution in [-0.2, 0) is 28.5 Å². The molecule has 0 aromatic carbocycles. The van der Waals surface area contributed by atoms with Crippen LogP contribution in [0.3, 0.4) is 0 Å². The minimum absolute atomic E-state index is 0.645. The molecule has 0 bridgehead atoms. The van der Waals surface area contributed by atoms with Gasteiger partial charge in [-0.25, -0.2) is 0 Å². The maximum absolute atomic E-state index is 11.6. The van der Waals surface area contributed by atoms with E-state index in [4.69, 9.17) is 23.7 Å². The first kappa shape index (κ1) is 30.4.